The lowest BCUT2D eigenvalue weighted by Crippen LogP contribution is -2.29. The molecule has 1 aliphatic carbocycles. The van der Waals surface area contributed by atoms with Gasteiger partial charge in [-0.3, -0.25) is 0 Å². The summed E-state index contributed by atoms with van der Waals surface area (Å²) in [6, 6.07) is 6.18. The molecular formula is C17H27NO3. The molecule has 0 aliphatic heterocycles. The van der Waals surface area contributed by atoms with Gasteiger partial charge in [-0.15, -0.1) is 0 Å². The van der Waals surface area contributed by atoms with E-state index in [1.807, 2.05) is 12.1 Å². The first-order valence-corrected chi connectivity index (χ1v) is 7.77. The molecule has 0 aromatic heterocycles. The van der Waals surface area contributed by atoms with Crippen molar-refractivity contribution in [2.24, 2.45) is 5.92 Å². The molecule has 1 fully saturated rings. The van der Waals surface area contributed by atoms with Crippen LogP contribution in [0.15, 0.2) is 18.2 Å². The smallest absolute Gasteiger partial charge is 0.127 e. The number of aliphatic hydroxyl groups is 1. The van der Waals surface area contributed by atoms with E-state index >= 15 is 0 Å². The van der Waals surface area contributed by atoms with Crippen LogP contribution in [0.25, 0.3) is 0 Å². The second-order valence-corrected chi connectivity index (χ2v) is 5.91. The number of hydrogen-bond acceptors (Lipinski definition) is 4. The Kier molecular flexibility index (Phi) is 5.88. The Labute approximate surface area is 127 Å². The fraction of sp³-hybridized carbons (Fsp3) is 0.647. The minimum absolute atomic E-state index is 0.0830. The molecule has 1 aromatic carbocycles. The molecule has 21 heavy (non-hydrogen) atoms. The summed E-state index contributed by atoms with van der Waals surface area (Å²) in [4.78, 5) is 0. The van der Waals surface area contributed by atoms with E-state index in [2.05, 4.69) is 18.3 Å². The van der Waals surface area contributed by atoms with Gasteiger partial charge in [-0.1, -0.05) is 6.07 Å². The van der Waals surface area contributed by atoms with Gasteiger partial charge in [0.2, 0.25) is 0 Å². The number of ether oxygens (including phenoxy) is 2. The van der Waals surface area contributed by atoms with Crippen molar-refractivity contribution in [2.75, 3.05) is 20.8 Å². The van der Waals surface area contributed by atoms with Crippen molar-refractivity contribution < 1.29 is 14.6 Å². The van der Waals surface area contributed by atoms with Crippen LogP contribution < -0.4 is 14.8 Å². The average Bonchev–Trinajstić information content (AvgIpc) is 2.53. The number of methoxy groups -OCH3 is 2. The van der Waals surface area contributed by atoms with E-state index in [0.717, 1.165) is 49.3 Å². The summed E-state index contributed by atoms with van der Waals surface area (Å²) in [5.41, 5.74) is 1.15. The molecule has 0 radical (unpaired) electrons. The van der Waals surface area contributed by atoms with Crippen molar-refractivity contribution >= 4 is 0 Å². The maximum Gasteiger partial charge on any atom is 0.127 e. The number of nitrogens with one attached hydrogen (secondary N) is 1. The molecule has 0 bridgehead atoms. The largest absolute Gasteiger partial charge is 0.497 e. The monoisotopic (exact) mass is 293 g/mol. The fourth-order valence-electron chi connectivity index (χ4n) is 2.98. The van der Waals surface area contributed by atoms with Crippen LogP contribution in [0.1, 0.15) is 44.2 Å². The van der Waals surface area contributed by atoms with Crippen LogP contribution in [-0.2, 0) is 0 Å². The Hall–Kier alpha value is -1.26. The third kappa shape index (κ3) is 4.35. The van der Waals surface area contributed by atoms with Gasteiger partial charge in [-0.25, -0.2) is 0 Å². The van der Waals surface area contributed by atoms with Gasteiger partial charge in [0.05, 0.1) is 20.3 Å². The summed E-state index contributed by atoms with van der Waals surface area (Å²) >= 11 is 0. The highest BCUT2D eigenvalue weighted by atomic mass is 16.5. The van der Waals surface area contributed by atoms with E-state index in [9.17, 15) is 5.11 Å². The van der Waals surface area contributed by atoms with Crippen LogP contribution in [0.4, 0.5) is 0 Å². The molecule has 2 N–H and O–H groups in total. The fourth-order valence-corrected chi connectivity index (χ4v) is 2.98. The second kappa shape index (κ2) is 7.66. The van der Waals surface area contributed by atoms with Gasteiger partial charge in [0.15, 0.2) is 0 Å². The zero-order valence-electron chi connectivity index (χ0n) is 13.3. The lowest BCUT2D eigenvalue weighted by atomic mass is 9.87. The summed E-state index contributed by atoms with van der Waals surface area (Å²) < 4.78 is 10.7. The van der Waals surface area contributed by atoms with Crippen molar-refractivity contribution in [2.45, 2.75) is 44.8 Å². The Balaban J connectivity index is 1.92. The molecule has 1 saturated carbocycles. The summed E-state index contributed by atoms with van der Waals surface area (Å²) in [5, 5.41) is 13.1. The van der Waals surface area contributed by atoms with Gasteiger partial charge in [0.1, 0.15) is 11.5 Å². The van der Waals surface area contributed by atoms with Gasteiger partial charge in [0.25, 0.3) is 0 Å². The van der Waals surface area contributed by atoms with Gasteiger partial charge in [-0.2, -0.15) is 0 Å². The molecule has 1 aliphatic rings. The number of rotatable bonds is 6. The van der Waals surface area contributed by atoms with E-state index in [1.54, 1.807) is 14.2 Å². The molecule has 1 unspecified atom stereocenters. The van der Waals surface area contributed by atoms with Gasteiger partial charge in [-0.05, 0) is 51.1 Å². The molecule has 118 valence electrons. The second-order valence-electron chi connectivity index (χ2n) is 5.91. The highest BCUT2D eigenvalue weighted by molar-refractivity contribution is 5.42. The topological polar surface area (TPSA) is 50.7 Å². The Morgan fingerprint density at radius 3 is 2.52 bits per heavy atom. The van der Waals surface area contributed by atoms with Crippen molar-refractivity contribution in [3.8, 4) is 11.5 Å². The number of benzene rings is 1. The van der Waals surface area contributed by atoms with E-state index in [0.29, 0.717) is 5.92 Å². The predicted octanol–water partition coefficient (Wildman–Crippen LogP) is 2.91. The molecule has 4 nitrogen and oxygen atoms in total. The van der Waals surface area contributed by atoms with Crippen molar-refractivity contribution in [1.29, 1.82) is 0 Å². The van der Waals surface area contributed by atoms with Crippen LogP contribution in [-0.4, -0.2) is 32.0 Å². The summed E-state index contributed by atoms with van der Waals surface area (Å²) in [6.07, 6.45) is 4.01. The summed E-state index contributed by atoms with van der Waals surface area (Å²) in [7, 11) is 3.35. The molecule has 1 aromatic rings. The van der Waals surface area contributed by atoms with E-state index < -0.39 is 0 Å². The first kappa shape index (κ1) is 16.1. The third-order valence-electron chi connectivity index (χ3n) is 4.44. The molecule has 0 amide bonds. The third-order valence-corrected chi connectivity index (χ3v) is 4.44. The maximum atomic E-state index is 9.55. The Morgan fingerprint density at radius 1 is 1.19 bits per heavy atom. The van der Waals surface area contributed by atoms with Crippen molar-refractivity contribution in [3.63, 3.8) is 0 Å². The normalized spacial score (nSPS) is 23.6. The summed E-state index contributed by atoms with van der Waals surface area (Å²) in [5.74, 6) is 2.33. The quantitative estimate of drug-likeness (QED) is 0.847. The summed E-state index contributed by atoms with van der Waals surface area (Å²) in [6.45, 7) is 3.14. The van der Waals surface area contributed by atoms with E-state index in [1.165, 1.54) is 0 Å². The predicted molar refractivity (Wildman–Crippen MR) is 83.9 cm³/mol. The first-order chi connectivity index (χ1) is 10.1. The van der Waals surface area contributed by atoms with Crippen LogP contribution in [0, 0.1) is 5.92 Å². The molecule has 0 spiro atoms. The molecule has 0 heterocycles. The van der Waals surface area contributed by atoms with Crippen LogP contribution in [0.3, 0.4) is 0 Å². The molecule has 4 heteroatoms. The Morgan fingerprint density at radius 2 is 1.90 bits per heavy atom. The van der Waals surface area contributed by atoms with Crippen molar-refractivity contribution in [3.05, 3.63) is 23.8 Å². The van der Waals surface area contributed by atoms with Crippen LogP contribution in [0.2, 0.25) is 0 Å². The lowest BCUT2D eigenvalue weighted by Gasteiger charge is -2.27. The standard InChI is InChI=1S/C17H27NO3/c1-12(18-11-13-4-6-14(19)7-5-13)16-9-8-15(20-2)10-17(16)21-3/h8-10,12-14,18-19H,4-7,11H2,1-3H3. The first-order valence-electron chi connectivity index (χ1n) is 7.77. The maximum absolute atomic E-state index is 9.55. The van der Waals surface area contributed by atoms with Gasteiger partial charge >= 0.3 is 0 Å². The minimum atomic E-state index is -0.0830. The van der Waals surface area contributed by atoms with Gasteiger partial charge < -0.3 is 19.9 Å². The van der Waals surface area contributed by atoms with Crippen LogP contribution >= 0.6 is 0 Å². The zero-order chi connectivity index (χ0) is 15.2. The molecule has 0 saturated heterocycles. The van der Waals surface area contributed by atoms with E-state index in [-0.39, 0.29) is 12.1 Å². The van der Waals surface area contributed by atoms with E-state index in [4.69, 9.17) is 9.47 Å². The van der Waals surface area contributed by atoms with Crippen molar-refractivity contribution in [1.82, 2.24) is 5.32 Å². The molecule has 2 rings (SSSR count). The number of aliphatic hydroxyl groups excluding tert-OH is 1. The zero-order valence-corrected chi connectivity index (χ0v) is 13.3. The van der Waals surface area contributed by atoms with Gasteiger partial charge in [0, 0.05) is 17.7 Å². The SMILES string of the molecule is COc1ccc(C(C)NCC2CCC(O)CC2)c(OC)c1. The molecular weight excluding hydrogens is 266 g/mol. The number of hydrogen-bond donors (Lipinski definition) is 2. The van der Waals surface area contributed by atoms with Crippen LogP contribution in [0.5, 0.6) is 11.5 Å². The molecule has 1 atom stereocenters. The average molecular weight is 293 g/mol. The minimum Gasteiger partial charge on any atom is -0.497 e. The lowest BCUT2D eigenvalue weighted by molar-refractivity contribution is 0.107. The highest BCUT2D eigenvalue weighted by Crippen LogP contribution is 2.30. The Bertz CT molecular complexity index is 442. The highest BCUT2D eigenvalue weighted by Gasteiger charge is 2.20.